The largest absolute Gasteiger partial charge is 0.474 e. The highest BCUT2D eigenvalue weighted by molar-refractivity contribution is 5.79. The Morgan fingerprint density at radius 2 is 1.81 bits per heavy atom. The number of hydrogen-bond donors (Lipinski definition) is 2. The van der Waals surface area contributed by atoms with E-state index in [1.165, 1.54) is 6.20 Å². The quantitative estimate of drug-likeness (QED) is 0.284. The molecule has 2 heterocycles. The Hall–Kier alpha value is -2.95. The van der Waals surface area contributed by atoms with Crippen molar-refractivity contribution in [3.05, 3.63) is 22.4 Å². The van der Waals surface area contributed by atoms with Crippen LogP contribution in [0.15, 0.2) is 12.3 Å². The minimum Gasteiger partial charge on any atom is -0.474 e. The summed E-state index contributed by atoms with van der Waals surface area (Å²) in [5.74, 6) is 0.155. The molecule has 2 fully saturated rings. The fourth-order valence-corrected chi connectivity index (χ4v) is 4.79. The SMILES string of the molecule is CC(C)NC(=O)[C@H]1CC[C@@H](Nc2cc(OC3CCN(CC(=O)OC(C)(C)C)CC3)ncc2[N+](=O)[O-])CC1. The van der Waals surface area contributed by atoms with Crippen molar-refractivity contribution in [1.82, 2.24) is 15.2 Å². The maximum absolute atomic E-state index is 12.3. The summed E-state index contributed by atoms with van der Waals surface area (Å²) in [6.07, 6.45) is 5.55. The van der Waals surface area contributed by atoms with Gasteiger partial charge in [0.25, 0.3) is 0 Å². The van der Waals surface area contributed by atoms with Crippen LogP contribution in [0.3, 0.4) is 0 Å². The molecule has 3 rings (SSSR count). The van der Waals surface area contributed by atoms with Crippen molar-refractivity contribution in [2.75, 3.05) is 25.0 Å². The average Bonchev–Trinajstić information content (AvgIpc) is 2.79. The summed E-state index contributed by atoms with van der Waals surface area (Å²) in [6, 6.07) is 1.74. The maximum atomic E-state index is 12.3. The molecule has 11 nitrogen and oxygen atoms in total. The third-order valence-corrected chi connectivity index (χ3v) is 6.54. The van der Waals surface area contributed by atoms with E-state index >= 15 is 0 Å². The molecule has 37 heavy (non-hydrogen) atoms. The first kappa shape index (κ1) is 28.6. The first-order chi connectivity index (χ1) is 17.4. The first-order valence-electron chi connectivity index (χ1n) is 13.2. The van der Waals surface area contributed by atoms with Crippen LogP contribution in [0.5, 0.6) is 5.88 Å². The number of ether oxygens (including phenoxy) is 2. The number of pyridine rings is 1. The number of hydrogen-bond acceptors (Lipinski definition) is 9. The highest BCUT2D eigenvalue weighted by Gasteiger charge is 2.29. The van der Waals surface area contributed by atoms with Gasteiger partial charge in [0.05, 0.1) is 11.5 Å². The lowest BCUT2D eigenvalue weighted by molar-refractivity contribution is -0.384. The zero-order chi connectivity index (χ0) is 27.2. The van der Waals surface area contributed by atoms with Gasteiger partial charge in [0.1, 0.15) is 23.6 Å². The molecule has 1 saturated heterocycles. The summed E-state index contributed by atoms with van der Waals surface area (Å²) >= 11 is 0. The van der Waals surface area contributed by atoms with E-state index in [1.54, 1.807) is 6.07 Å². The number of esters is 1. The zero-order valence-electron chi connectivity index (χ0n) is 22.6. The zero-order valence-corrected chi connectivity index (χ0v) is 22.6. The van der Waals surface area contributed by atoms with Crippen LogP contribution in [0, 0.1) is 16.0 Å². The van der Waals surface area contributed by atoms with Gasteiger partial charge < -0.3 is 20.1 Å². The van der Waals surface area contributed by atoms with Crippen LogP contribution in [0.2, 0.25) is 0 Å². The van der Waals surface area contributed by atoms with Gasteiger partial charge in [0.2, 0.25) is 11.8 Å². The standard InChI is InChI=1S/C26H41N5O6/c1-17(2)28-25(33)18-6-8-19(9-7-18)29-21-14-23(27-15-22(21)31(34)35)36-20-10-12-30(13-11-20)16-24(32)37-26(3,4)5/h14-15,17-20H,6-13,16H2,1-5H3,(H,27,29)(H,28,33)/t18-,19+. The van der Waals surface area contributed by atoms with Crippen molar-refractivity contribution in [2.24, 2.45) is 5.92 Å². The first-order valence-corrected chi connectivity index (χ1v) is 13.2. The number of amides is 1. The lowest BCUT2D eigenvalue weighted by atomic mass is 9.85. The molecule has 1 amide bonds. The van der Waals surface area contributed by atoms with Gasteiger partial charge in [-0.2, -0.15) is 0 Å². The number of anilines is 1. The Balaban J connectivity index is 1.53. The third kappa shape index (κ3) is 9.14. The molecule has 206 valence electrons. The second-order valence-electron chi connectivity index (χ2n) is 11.3. The fraction of sp³-hybridized carbons (Fsp3) is 0.731. The second kappa shape index (κ2) is 12.5. The normalized spacial score (nSPS) is 21.4. The molecule has 1 aromatic heterocycles. The van der Waals surface area contributed by atoms with Crippen LogP contribution in [0.4, 0.5) is 11.4 Å². The molecule has 11 heteroatoms. The lowest BCUT2D eigenvalue weighted by Crippen LogP contribution is -2.42. The average molecular weight is 520 g/mol. The van der Waals surface area contributed by atoms with Crippen LogP contribution in [-0.2, 0) is 14.3 Å². The molecule has 0 radical (unpaired) electrons. The lowest BCUT2D eigenvalue weighted by Gasteiger charge is -2.32. The van der Waals surface area contributed by atoms with Crippen LogP contribution in [0.25, 0.3) is 0 Å². The van der Waals surface area contributed by atoms with E-state index < -0.39 is 10.5 Å². The molecule has 1 aliphatic carbocycles. The number of rotatable bonds is 9. The minimum atomic E-state index is -0.506. The Morgan fingerprint density at radius 1 is 1.16 bits per heavy atom. The van der Waals surface area contributed by atoms with Crippen molar-refractivity contribution in [3.63, 3.8) is 0 Å². The summed E-state index contributed by atoms with van der Waals surface area (Å²) in [7, 11) is 0. The van der Waals surface area contributed by atoms with Crippen molar-refractivity contribution in [3.8, 4) is 5.88 Å². The second-order valence-corrected chi connectivity index (χ2v) is 11.3. The molecule has 0 spiro atoms. The van der Waals surface area contributed by atoms with Crippen molar-refractivity contribution < 1.29 is 24.0 Å². The van der Waals surface area contributed by atoms with E-state index in [9.17, 15) is 19.7 Å². The van der Waals surface area contributed by atoms with E-state index in [-0.39, 0.29) is 48.2 Å². The molecule has 0 unspecified atom stereocenters. The molecule has 2 N–H and O–H groups in total. The summed E-state index contributed by atoms with van der Waals surface area (Å²) in [5.41, 5.74) is -0.222. The Bertz CT molecular complexity index is 947. The van der Waals surface area contributed by atoms with Crippen molar-refractivity contribution in [1.29, 1.82) is 0 Å². The third-order valence-electron chi connectivity index (χ3n) is 6.54. The number of piperidine rings is 1. The van der Waals surface area contributed by atoms with E-state index in [4.69, 9.17) is 9.47 Å². The van der Waals surface area contributed by atoms with E-state index in [2.05, 4.69) is 15.6 Å². The summed E-state index contributed by atoms with van der Waals surface area (Å²) in [5, 5.41) is 17.9. The number of likely N-dealkylation sites (tertiary alicyclic amines) is 1. The van der Waals surface area contributed by atoms with Gasteiger partial charge in [0, 0.05) is 37.2 Å². The molecule has 1 aliphatic heterocycles. The minimum absolute atomic E-state index is 0.0204. The number of carbonyl (C=O) groups is 2. The molecule has 0 bridgehead atoms. The summed E-state index contributed by atoms with van der Waals surface area (Å²) < 4.78 is 11.5. The Labute approximate surface area is 218 Å². The molecular formula is C26H41N5O6. The number of nitrogens with zero attached hydrogens (tertiary/aromatic N) is 3. The van der Waals surface area contributed by atoms with Crippen molar-refractivity contribution in [2.45, 2.75) is 96.9 Å². The molecule has 0 atom stereocenters. The summed E-state index contributed by atoms with van der Waals surface area (Å²) in [4.78, 5) is 41.8. The number of carbonyl (C=O) groups excluding carboxylic acids is 2. The van der Waals surface area contributed by atoms with E-state index in [1.807, 2.05) is 39.5 Å². The van der Waals surface area contributed by atoms with Gasteiger partial charge in [-0.25, -0.2) is 4.98 Å². The number of nitrogens with one attached hydrogen (secondary N) is 2. The van der Waals surface area contributed by atoms with Gasteiger partial charge in [-0.15, -0.1) is 0 Å². The molecular weight excluding hydrogens is 478 g/mol. The van der Waals surface area contributed by atoms with Crippen LogP contribution < -0.4 is 15.4 Å². The van der Waals surface area contributed by atoms with Crippen LogP contribution in [-0.4, -0.2) is 70.1 Å². The number of aromatic nitrogens is 1. The predicted molar refractivity (Wildman–Crippen MR) is 139 cm³/mol. The van der Waals surface area contributed by atoms with Crippen LogP contribution in [0.1, 0.15) is 73.1 Å². The maximum Gasteiger partial charge on any atom is 0.320 e. The molecule has 0 aromatic carbocycles. The highest BCUT2D eigenvalue weighted by Crippen LogP contribution is 2.32. The Kier molecular flexibility index (Phi) is 9.69. The van der Waals surface area contributed by atoms with Crippen LogP contribution >= 0.6 is 0 Å². The summed E-state index contributed by atoms with van der Waals surface area (Å²) in [6.45, 7) is 11.1. The smallest absolute Gasteiger partial charge is 0.320 e. The molecule has 1 aromatic rings. The predicted octanol–water partition coefficient (Wildman–Crippen LogP) is 3.67. The monoisotopic (exact) mass is 519 g/mol. The molecule has 1 saturated carbocycles. The van der Waals surface area contributed by atoms with E-state index in [0.29, 0.717) is 37.5 Å². The topological polar surface area (TPSA) is 136 Å². The Morgan fingerprint density at radius 3 is 2.38 bits per heavy atom. The van der Waals surface area contributed by atoms with E-state index in [0.717, 1.165) is 25.7 Å². The van der Waals surface area contributed by atoms with Gasteiger partial charge in [0.15, 0.2) is 0 Å². The number of nitro groups is 1. The van der Waals surface area contributed by atoms with Crippen molar-refractivity contribution >= 4 is 23.3 Å². The fourth-order valence-electron chi connectivity index (χ4n) is 4.79. The van der Waals surface area contributed by atoms with Gasteiger partial charge in [-0.3, -0.25) is 24.6 Å². The van der Waals surface area contributed by atoms with Gasteiger partial charge in [-0.1, -0.05) is 0 Å². The van der Waals surface area contributed by atoms with Gasteiger partial charge in [-0.05, 0) is 73.1 Å². The van der Waals surface area contributed by atoms with Gasteiger partial charge >= 0.3 is 11.7 Å². The molecule has 2 aliphatic rings. The highest BCUT2D eigenvalue weighted by atomic mass is 16.6.